The summed E-state index contributed by atoms with van der Waals surface area (Å²) in [5.41, 5.74) is 3.41. The van der Waals surface area contributed by atoms with Crippen molar-refractivity contribution >= 4 is 59.1 Å². The Balaban J connectivity index is 1.64. The number of hydrogen-bond acceptors (Lipinski definition) is 6. The van der Waals surface area contributed by atoms with Gasteiger partial charge < -0.3 is 41.1 Å². The van der Waals surface area contributed by atoms with E-state index in [2.05, 4.69) is 74.0 Å². The Hall–Kier alpha value is -4.72. The molecule has 2 atom stereocenters. The maximum Gasteiger partial charge on any atom is 0.326 e. The summed E-state index contributed by atoms with van der Waals surface area (Å²) in [5, 5.41) is 36.7. The topological polar surface area (TPSA) is 175 Å². The number of urea groups is 1. The summed E-state index contributed by atoms with van der Waals surface area (Å²) in [4.78, 5) is 49.2. The van der Waals surface area contributed by atoms with Crippen molar-refractivity contribution in [2.24, 2.45) is 0 Å². The maximum absolute atomic E-state index is 12.5. The summed E-state index contributed by atoms with van der Waals surface area (Å²) in [6, 6.07) is 8.98. The first kappa shape index (κ1) is 37.5. The van der Waals surface area contributed by atoms with Gasteiger partial charge in [0.15, 0.2) is 17.5 Å². The highest BCUT2D eigenvalue weighted by molar-refractivity contribution is 7.80. The predicted octanol–water partition coefficient (Wildman–Crippen LogP) is 2.65. The largest absolute Gasteiger partial charge is 0.481 e. The molecule has 1 aromatic carbocycles. The molecule has 2 unspecified atom stereocenters. The molecule has 0 saturated heterocycles. The number of aliphatic carboxylic acids is 3. The van der Waals surface area contributed by atoms with E-state index in [4.69, 9.17) is 17.3 Å². The number of carbonyl (C=O) groups excluding carboxylic acids is 1. The minimum atomic E-state index is -1.40. The predicted molar refractivity (Wildman–Crippen MR) is 179 cm³/mol. The fraction of sp³-hybridized carbons (Fsp3) is 0.438. The molecule has 13 nitrogen and oxygen atoms in total. The first-order valence-electron chi connectivity index (χ1n) is 15.0. The standard InChI is InChI=1S/C32H44N6O7S/c1-36(2)25-12-10-23(11-13-25)8-9-24-16-21-38(22-17-24)20-6-19-34-31(46)33-18-5-4-7-26(29(41)42)35-32(45)37(3)27(30(43)44)14-15-28(39)40/h8-13,16-17,21-22,26-27H,4-7,14-15,18-20H2,1-3H3,(H5-,33,34,35,39,40,41,42,43,44,45,46)/p+1. The number of unbranched alkanes of at least 4 members (excludes halogenated alkanes) is 1. The van der Waals surface area contributed by atoms with Crippen LogP contribution in [0.25, 0.3) is 12.2 Å². The van der Waals surface area contributed by atoms with Gasteiger partial charge in [-0.15, -0.1) is 0 Å². The first-order valence-corrected chi connectivity index (χ1v) is 15.4. The third kappa shape index (κ3) is 13.9. The van der Waals surface area contributed by atoms with Crippen LogP contribution >= 0.6 is 12.2 Å². The molecule has 46 heavy (non-hydrogen) atoms. The lowest BCUT2D eigenvalue weighted by Gasteiger charge is -2.26. The highest BCUT2D eigenvalue weighted by atomic mass is 32.1. The van der Waals surface area contributed by atoms with Crippen LogP contribution in [0.1, 0.15) is 49.7 Å². The van der Waals surface area contributed by atoms with Crippen molar-refractivity contribution < 1.29 is 39.1 Å². The number of nitrogens with one attached hydrogen (secondary N) is 3. The minimum Gasteiger partial charge on any atom is -0.481 e. The Kier molecular flexibility index (Phi) is 16.0. The lowest BCUT2D eigenvalue weighted by molar-refractivity contribution is -0.697. The molecule has 0 saturated carbocycles. The van der Waals surface area contributed by atoms with Crippen LogP contribution in [0.3, 0.4) is 0 Å². The first-order chi connectivity index (χ1) is 21.9. The van der Waals surface area contributed by atoms with Crippen molar-refractivity contribution in [1.82, 2.24) is 20.9 Å². The van der Waals surface area contributed by atoms with E-state index in [9.17, 15) is 29.4 Å². The zero-order chi connectivity index (χ0) is 34.1. The maximum atomic E-state index is 12.5. The molecule has 250 valence electrons. The molecular formula is C32H45N6O7S+. The summed E-state index contributed by atoms with van der Waals surface area (Å²) in [7, 11) is 5.22. The highest BCUT2D eigenvalue weighted by Crippen LogP contribution is 2.14. The Morgan fingerprint density at radius 2 is 1.41 bits per heavy atom. The Morgan fingerprint density at radius 1 is 0.826 bits per heavy atom. The van der Waals surface area contributed by atoms with E-state index in [1.54, 1.807) is 0 Å². The number of likely N-dealkylation sites (N-methyl/N-ethyl adjacent to an activating group) is 1. The summed E-state index contributed by atoms with van der Waals surface area (Å²) >= 11 is 5.32. The second-order valence-corrected chi connectivity index (χ2v) is 11.4. The van der Waals surface area contributed by atoms with E-state index >= 15 is 0 Å². The normalized spacial score (nSPS) is 12.2. The molecule has 14 heteroatoms. The molecule has 1 aromatic heterocycles. The molecule has 2 rings (SSSR count). The van der Waals surface area contributed by atoms with E-state index in [1.165, 1.54) is 7.05 Å². The van der Waals surface area contributed by atoms with Gasteiger partial charge in [0.25, 0.3) is 0 Å². The zero-order valence-electron chi connectivity index (χ0n) is 26.5. The monoisotopic (exact) mass is 657 g/mol. The van der Waals surface area contributed by atoms with Crippen molar-refractivity contribution in [2.75, 3.05) is 39.1 Å². The number of nitrogens with zero attached hydrogens (tertiary/aromatic N) is 3. The van der Waals surface area contributed by atoms with Crippen LogP contribution in [-0.4, -0.2) is 95.6 Å². The Bertz CT molecular complexity index is 1340. The number of thiocarbonyl (C=S) groups is 1. The number of pyridine rings is 1. The molecule has 0 spiro atoms. The molecule has 0 aliphatic rings. The molecule has 0 fully saturated rings. The van der Waals surface area contributed by atoms with Crippen molar-refractivity contribution in [1.29, 1.82) is 0 Å². The van der Waals surface area contributed by atoms with E-state index in [1.807, 2.05) is 26.5 Å². The zero-order valence-corrected chi connectivity index (χ0v) is 27.3. The van der Waals surface area contributed by atoms with Crippen molar-refractivity contribution in [3.8, 4) is 0 Å². The number of carbonyl (C=O) groups is 4. The SMILES string of the molecule is CN(C)c1ccc(C=Cc2cc[n+](CCCNC(=S)NCCCCC(NC(=O)N(C)C(CCC(=O)O)C(=O)O)C(=O)O)cc2)cc1. The smallest absolute Gasteiger partial charge is 0.326 e. The number of hydrogen-bond donors (Lipinski definition) is 6. The quantitative estimate of drug-likeness (QED) is 0.0744. The van der Waals surface area contributed by atoms with Crippen molar-refractivity contribution in [3.05, 3.63) is 59.9 Å². The average molecular weight is 658 g/mol. The summed E-state index contributed by atoms with van der Waals surface area (Å²) in [6.07, 6.45) is 9.54. The number of rotatable bonds is 19. The van der Waals surface area contributed by atoms with Gasteiger partial charge in [-0.3, -0.25) is 4.79 Å². The van der Waals surface area contributed by atoms with E-state index < -0.39 is 42.4 Å². The van der Waals surface area contributed by atoms with Gasteiger partial charge in [0, 0.05) is 64.9 Å². The number of amides is 2. The van der Waals surface area contributed by atoms with E-state index in [-0.39, 0.29) is 12.8 Å². The van der Waals surface area contributed by atoms with Gasteiger partial charge >= 0.3 is 23.9 Å². The van der Waals surface area contributed by atoms with Crippen LogP contribution < -0.4 is 25.4 Å². The lowest BCUT2D eigenvalue weighted by atomic mass is 10.1. The molecule has 2 amide bonds. The third-order valence-electron chi connectivity index (χ3n) is 7.18. The van der Waals surface area contributed by atoms with Gasteiger partial charge in [0.05, 0.1) is 0 Å². The molecular weight excluding hydrogens is 612 g/mol. The Morgan fingerprint density at radius 3 is 1.96 bits per heavy atom. The van der Waals surface area contributed by atoms with Crippen LogP contribution in [0.15, 0.2) is 48.8 Å². The van der Waals surface area contributed by atoms with Crippen LogP contribution in [-0.2, 0) is 20.9 Å². The van der Waals surface area contributed by atoms with Crippen molar-refractivity contribution in [2.45, 2.75) is 57.2 Å². The molecule has 0 bridgehead atoms. The number of benzene rings is 1. The van der Waals surface area contributed by atoms with Gasteiger partial charge in [-0.1, -0.05) is 24.3 Å². The molecule has 2 aromatic rings. The van der Waals surface area contributed by atoms with Gasteiger partial charge in [-0.25, -0.2) is 19.0 Å². The number of anilines is 1. The van der Waals surface area contributed by atoms with Crippen LogP contribution in [0.5, 0.6) is 0 Å². The number of aromatic nitrogens is 1. The van der Waals surface area contributed by atoms with Gasteiger partial charge in [-0.05, 0) is 61.2 Å². The number of aryl methyl sites for hydroxylation is 1. The average Bonchev–Trinajstić information content (AvgIpc) is 3.01. The number of carboxylic acids is 3. The summed E-state index contributed by atoms with van der Waals surface area (Å²) < 4.78 is 2.11. The van der Waals surface area contributed by atoms with Gasteiger partial charge in [0.2, 0.25) is 0 Å². The molecule has 0 radical (unpaired) electrons. The Labute approximate surface area is 274 Å². The lowest BCUT2D eigenvalue weighted by Crippen LogP contribution is -2.52. The summed E-state index contributed by atoms with van der Waals surface area (Å²) in [6.45, 7) is 2.00. The summed E-state index contributed by atoms with van der Waals surface area (Å²) in [5.74, 6) is -3.82. The van der Waals surface area contributed by atoms with Gasteiger partial charge in [0.1, 0.15) is 18.6 Å². The van der Waals surface area contributed by atoms with Crippen molar-refractivity contribution in [3.63, 3.8) is 0 Å². The molecule has 6 N–H and O–H groups in total. The van der Waals surface area contributed by atoms with E-state index in [0.717, 1.165) is 34.7 Å². The highest BCUT2D eigenvalue weighted by Gasteiger charge is 2.29. The van der Waals surface area contributed by atoms with E-state index in [0.29, 0.717) is 31.0 Å². The third-order valence-corrected chi connectivity index (χ3v) is 7.47. The fourth-order valence-electron chi connectivity index (χ4n) is 4.40. The second-order valence-electron chi connectivity index (χ2n) is 11.0. The molecule has 0 aliphatic heterocycles. The molecule has 0 aliphatic carbocycles. The number of carboxylic acid groups (broad SMARTS) is 3. The van der Waals surface area contributed by atoms with Gasteiger partial charge in [-0.2, -0.15) is 0 Å². The van der Waals surface area contributed by atoms with Crippen LogP contribution in [0.2, 0.25) is 0 Å². The van der Waals surface area contributed by atoms with Crippen LogP contribution in [0.4, 0.5) is 10.5 Å². The van der Waals surface area contributed by atoms with Crippen LogP contribution in [0, 0.1) is 0 Å². The molecule has 1 heterocycles. The second kappa shape index (κ2) is 19.6. The fourth-order valence-corrected chi connectivity index (χ4v) is 4.60. The minimum absolute atomic E-state index is 0.124.